The van der Waals surface area contributed by atoms with Crippen LogP contribution in [0.4, 0.5) is 22.0 Å². The molecule has 4 N–H and O–H groups in total. The highest BCUT2D eigenvalue weighted by molar-refractivity contribution is 7.85. The summed E-state index contributed by atoms with van der Waals surface area (Å²) in [5, 5.41) is 1.55. The van der Waals surface area contributed by atoms with E-state index >= 15 is 0 Å². The van der Waals surface area contributed by atoms with Gasteiger partial charge in [-0.3, -0.25) is 4.55 Å². The summed E-state index contributed by atoms with van der Waals surface area (Å²) in [7, 11) is -3.12. The lowest BCUT2D eigenvalue weighted by atomic mass is 9.77. The summed E-state index contributed by atoms with van der Waals surface area (Å²) in [5.41, 5.74) is 1.70. The van der Waals surface area contributed by atoms with Gasteiger partial charge in [0, 0.05) is 17.8 Å². The molecule has 0 aliphatic carbocycles. The summed E-state index contributed by atoms with van der Waals surface area (Å²) >= 11 is 5.75. The van der Waals surface area contributed by atoms with Crippen molar-refractivity contribution in [2.24, 2.45) is 5.73 Å². The van der Waals surface area contributed by atoms with Crippen molar-refractivity contribution in [3.63, 3.8) is 0 Å². The molecule has 0 fully saturated rings. The molecule has 9 nitrogen and oxygen atoms in total. The molecule has 1 atom stereocenters. The van der Waals surface area contributed by atoms with E-state index in [4.69, 9.17) is 26.6 Å². The smallest absolute Gasteiger partial charge is 0.418 e. The van der Waals surface area contributed by atoms with E-state index in [2.05, 4.69) is 10.1 Å². The Bertz CT molecular complexity index is 1540. The number of dihydropyridines is 1. The van der Waals surface area contributed by atoms with Crippen LogP contribution in [0.5, 0.6) is 0 Å². The van der Waals surface area contributed by atoms with Gasteiger partial charge in [0.05, 0.1) is 51.5 Å². The summed E-state index contributed by atoms with van der Waals surface area (Å²) in [6.45, 7) is 2.92. The molecule has 0 bridgehead atoms. The molecule has 236 valence electrons. The van der Waals surface area contributed by atoms with Crippen molar-refractivity contribution in [1.29, 1.82) is 0 Å². The molecule has 0 radical (unpaired) electrons. The summed E-state index contributed by atoms with van der Waals surface area (Å²) in [4.78, 5) is 25.4. The van der Waals surface area contributed by atoms with Gasteiger partial charge in [-0.25, -0.2) is 18.4 Å². The monoisotopic (exact) mass is 654 g/mol. The predicted octanol–water partition coefficient (Wildman–Crippen LogP) is 4.99. The van der Waals surface area contributed by atoms with Crippen molar-refractivity contribution < 1.29 is 54.0 Å². The Morgan fingerprint density at radius 3 is 2.07 bits per heavy atom. The molecule has 1 aliphatic rings. The third-order valence-electron chi connectivity index (χ3n) is 5.87. The van der Waals surface area contributed by atoms with Crippen LogP contribution in [0.25, 0.3) is 0 Å². The number of carbonyl (C=O) groups is 2. The minimum absolute atomic E-state index is 0.0666. The number of hydrogen-bond acceptors (Lipinski definition) is 8. The van der Waals surface area contributed by atoms with Gasteiger partial charge in [-0.05, 0) is 45.0 Å². The lowest BCUT2D eigenvalue weighted by molar-refractivity contribution is -0.144. The molecule has 2 aromatic carbocycles. The fourth-order valence-electron chi connectivity index (χ4n) is 4.08. The topological polar surface area (TPSA) is 145 Å². The summed E-state index contributed by atoms with van der Waals surface area (Å²) in [6, 6.07) is 7.32. The van der Waals surface area contributed by atoms with Crippen molar-refractivity contribution in [3.05, 3.63) is 86.5 Å². The molecule has 0 aromatic heterocycles. The van der Waals surface area contributed by atoms with Crippen LogP contribution in [0.2, 0.25) is 5.02 Å². The van der Waals surface area contributed by atoms with Crippen LogP contribution in [0, 0.1) is 12.7 Å². The van der Waals surface area contributed by atoms with Crippen LogP contribution in [-0.4, -0.2) is 51.3 Å². The number of ether oxygens (including phenoxy) is 2. The number of allylic oxidation sites excluding steroid dienone is 1. The first-order valence-corrected chi connectivity index (χ1v) is 14.1. The molecule has 2 aromatic rings. The second-order valence-corrected chi connectivity index (χ2v) is 11.1. The van der Waals surface area contributed by atoms with Crippen LogP contribution >= 0.6 is 11.6 Å². The average Bonchev–Trinajstić information content (AvgIpc) is 2.91. The van der Waals surface area contributed by atoms with Gasteiger partial charge < -0.3 is 20.5 Å². The SMILES string of the molecule is COC(=O)C1=C(CF)NC(CN)=C(C(=O)OC(C)C)C1c1c(F)ccc(Cl)c1C(F)(F)F.Cc1ccc(S(=O)(=O)O)cc1. The first-order valence-electron chi connectivity index (χ1n) is 12.3. The van der Waals surface area contributed by atoms with Crippen LogP contribution < -0.4 is 11.1 Å². The lowest BCUT2D eigenvalue weighted by Crippen LogP contribution is -2.38. The number of halogens is 6. The van der Waals surface area contributed by atoms with Gasteiger partial charge in [-0.2, -0.15) is 21.6 Å². The zero-order valence-corrected chi connectivity index (χ0v) is 24.8. The van der Waals surface area contributed by atoms with E-state index in [-0.39, 0.29) is 10.6 Å². The first kappa shape index (κ1) is 35.7. The second kappa shape index (κ2) is 14.3. The Morgan fingerprint density at radius 1 is 1.07 bits per heavy atom. The van der Waals surface area contributed by atoms with Crippen LogP contribution in [0.1, 0.15) is 36.5 Å². The van der Waals surface area contributed by atoms with E-state index in [9.17, 15) is 40.0 Å². The number of esters is 2. The predicted molar refractivity (Wildman–Crippen MR) is 146 cm³/mol. The Kier molecular flexibility index (Phi) is 11.9. The zero-order chi connectivity index (χ0) is 32.9. The van der Waals surface area contributed by atoms with Gasteiger partial charge >= 0.3 is 18.1 Å². The Morgan fingerprint density at radius 2 is 1.63 bits per heavy atom. The molecule has 3 rings (SSSR count). The number of aryl methyl sites for hydroxylation is 1. The Labute approximate surface area is 249 Å². The molecular weight excluding hydrogens is 627 g/mol. The van der Waals surface area contributed by atoms with Gasteiger partial charge in [-0.1, -0.05) is 29.3 Å². The third-order valence-corrected chi connectivity index (χ3v) is 7.05. The maximum atomic E-state index is 15.0. The first-order chi connectivity index (χ1) is 19.9. The van der Waals surface area contributed by atoms with Crippen LogP contribution in [0.15, 0.2) is 63.8 Å². The molecule has 0 saturated heterocycles. The molecule has 0 saturated carbocycles. The fourth-order valence-corrected chi connectivity index (χ4v) is 4.83. The summed E-state index contributed by atoms with van der Waals surface area (Å²) < 4.78 is 110. The number of methoxy groups -OCH3 is 1. The molecule has 1 heterocycles. The highest BCUT2D eigenvalue weighted by Gasteiger charge is 2.47. The van der Waals surface area contributed by atoms with Crippen molar-refractivity contribution in [2.75, 3.05) is 20.3 Å². The van der Waals surface area contributed by atoms with E-state index in [0.29, 0.717) is 12.1 Å². The normalized spacial score (nSPS) is 15.5. The standard InChI is InChI=1S/C20H20ClF5N2O4.C7H8O3S/c1-8(2)32-19(30)15-12(7-27)28-11(6-22)14(18(29)31-3)16(15)13-10(23)5-4-9(21)17(13)20(24,25)26;1-6-2-4-7(5-3-6)11(8,9)10/h4-5,8,16,28H,6-7,27H2,1-3H3;2-5H,1H3,(H,8,9,10). The molecule has 1 unspecified atom stereocenters. The molecule has 0 spiro atoms. The number of benzene rings is 2. The van der Waals surface area contributed by atoms with Gasteiger partial charge in [0.2, 0.25) is 0 Å². The van der Waals surface area contributed by atoms with E-state index in [1.165, 1.54) is 26.0 Å². The summed E-state index contributed by atoms with van der Waals surface area (Å²) in [5.74, 6) is -5.95. The molecule has 16 heteroatoms. The summed E-state index contributed by atoms with van der Waals surface area (Å²) in [6.07, 6.45) is -5.92. The van der Waals surface area contributed by atoms with Crippen LogP contribution in [-0.2, 0) is 35.4 Å². The van der Waals surface area contributed by atoms with E-state index in [0.717, 1.165) is 12.7 Å². The zero-order valence-electron chi connectivity index (χ0n) is 23.2. The van der Waals surface area contributed by atoms with E-state index in [1.807, 2.05) is 6.92 Å². The number of carbonyl (C=O) groups excluding carboxylic acids is 2. The maximum Gasteiger partial charge on any atom is 0.418 e. The number of alkyl halides is 4. The van der Waals surface area contributed by atoms with Gasteiger partial charge in [0.25, 0.3) is 10.1 Å². The number of rotatable bonds is 7. The molecule has 0 amide bonds. The number of nitrogens with one attached hydrogen (secondary N) is 1. The van der Waals surface area contributed by atoms with Crippen molar-refractivity contribution in [2.45, 2.75) is 43.9 Å². The van der Waals surface area contributed by atoms with E-state index in [1.54, 1.807) is 12.1 Å². The largest absolute Gasteiger partial charge is 0.466 e. The van der Waals surface area contributed by atoms with Crippen LogP contribution in [0.3, 0.4) is 0 Å². The minimum Gasteiger partial charge on any atom is -0.466 e. The fraction of sp³-hybridized carbons (Fsp3) is 0.333. The highest BCUT2D eigenvalue weighted by Crippen LogP contribution is 2.47. The molecule has 1 aliphatic heterocycles. The van der Waals surface area contributed by atoms with Gasteiger partial charge in [-0.15, -0.1) is 0 Å². The molecule has 43 heavy (non-hydrogen) atoms. The molecular formula is C27H28ClF5N2O7S. The van der Waals surface area contributed by atoms with Crippen molar-refractivity contribution in [3.8, 4) is 0 Å². The highest BCUT2D eigenvalue weighted by atomic mass is 35.5. The Hall–Kier alpha value is -3.53. The van der Waals surface area contributed by atoms with Gasteiger partial charge in [0.15, 0.2) is 0 Å². The number of nitrogens with two attached hydrogens (primary N) is 1. The second-order valence-electron chi connectivity index (χ2n) is 9.23. The number of hydrogen-bond donors (Lipinski definition) is 3. The maximum absolute atomic E-state index is 15.0. The quantitative estimate of drug-likeness (QED) is 0.214. The average molecular weight is 655 g/mol. The van der Waals surface area contributed by atoms with Crippen molar-refractivity contribution >= 4 is 33.7 Å². The lowest BCUT2D eigenvalue weighted by Gasteiger charge is -2.33. The van der Waals surface area contributed by atoms with Crippen molar-refractivity contribution in [1.82, 2.24) is 5.32 Å². The minimum atomic E-state index is -5.19. The Balaban J connectivity index is 0.000000490. The third kappa shape index (κ3) is 8.53. The van der Waals surface area contributed by atoms with Gasteiger partial charge in [0.1, 0.15) is 12.5 Å². The van der Waals surface area contributed by atoms with E-state index < -0.39 is 92.3 Å².